The Morgan fingerprint density at radius 3 is 2.42 bits per heavy atom. The van der Waals surface area contributed by atoms with Gasteiger partial charge in [-0.1, -0.05) is 65.0 Å². The van der Waals surface area contributed by atoms with Crippen molar-refractivity contribution in [1.82, 2.24) is 15.2 Å². The zero-order valence-corrected chi connectivity index (χ0v) is 23.7. The molecule has 2 amide bonds. The summed E-state index contributed by atoms with van der Waals surface area (Å²) >= 11 is 1.51. The first-order chi connectivity index (χ1) is 18.0. The maximum atomic E-state index is 14.4. The summed E-state index contributed by atoms with van der Waals surface area (Å²) in [6, 6.07) is 11.8. The van der Waals surface area contributed by atoms with E-state index < -0.39 is 18.1 Å². The first-order valence-electron chi connectivity index (χ1n) is 13.6. The van der Waals surface area contributed by atoms with E-state index in [0.717, 1.165) is 28.6 Å². The van der Waals surface area contributed by atoms with Crippen LogP contribution in [0.25, 0.3) is 10.2 Å². The lowest BCUT2D eigenvalue weighted by atomic mass is 9.83. The van der Waals surface area contributed by atoms with E-state index in [9.17, 15) is 14.4 Å². The molecular formula is C31H37N3O3S. The first-order valence-corrected chi connectivity index (χ1v) is 14.4. The van der Waals surface area contributed by atoms with Gasteiger partial charge in [0.1, 0.15) is 18.1 Å². The van der Waals surface area contributed by atoms with Gasteiger partial charge in [0.15, 0.2) is 5.78 Å². The molecule has 2 heterocycles. The maximum absolute atomic E-state index is 14.4. The van der Waals surface area contributed by atoms with E-state index in [1.54, 1.807) is 10.4 Å². The third-order valence-corrected chi connectivity index (χ3v) is 8.46. The smallest absolute Gasteiger partial charge is 0.247 e. The Morgan fingerprint density at radius 2 is 1.79 bits per heavy atom. The number of nitrogens with zero attached hydrogens (tertiary/aromatic N) is 2. The minimum atomic E-state index is -0.825. The molecule has 0 unspecified atom stereocenters. The summed E-state index contributed by atoms with van der Waals surface area (Å²) in [7, 11) is 0. The second kappa shape index (κ2) is 10.3. The molecule has 0 radical (unpaired) electrons. The number of carbonyl (C=O) groups excluding carboxylic acids is 3. The quantitative estimate of drug-likeness (QED) is 0.437. The molecule has 0 bridgehead atoms. The SMILES string of the molecule is CC(C)C[C@@H]1C(=O)N[C@H](C2Cc3ccccc3C2)C(=O)N1[C@@H](C(=O)CC(C)(C)C)c1ccc2ncsc2c1. The fourth-order valence-electron chi connectivity index (χ4n) is 6.04. The van der Waals surface area contributed by atoms with Crippen molar-refractivity contribution in [2.45, 2.75) is 78.4 Å². The van der Waals surface area contributed by atoms with Gasteiger partial charge in [-0.15, -0.1) is 11.3 Å². The normalized spacial score (nSPS) is 21.2. The van der Waals surface area contributed by atoms with E-state index in [-0.39, 0.29) is 34.8 Å². The van der Waals surface area contributed by atoms with Crippen LogP contribution in [0.5, 0.6) is 0 Å². The number of amides is 2. The van der Waals surface area contributed by atoms with Gasteiger partial charge in [0.05, 0.1) is 15.7 Å². The molecule has 1 aliphatic carbocycles. The molecule has 6 nitrogen and oxygen atoms in total. The van der Waals surface area contributed by atoms with E-state index in [4.69, 9.17) is 0 Å². The predicted molar refractivity (Wildman–Crippen MR) is 151 cm³/mol. The predicted octanol–water partition coefficient (Wildman–Crippen LogP) is 5.50. The number of hydrogen-bond acceptors (Lipinski definition) is 5. The average Bonchev–Trinajstić information content (AvgIpc) is 3.48. The van der Waals surface area contributed by atoms with Crippen molar-refractivity contribution in [3.63, 3.8) is 0 Å². The zero-order chi connectivity index (χ0) is 27.2. The molecule has 0 spiro atoms. The standard InChI is InChI=1S/C31H37N3O3S/c1-18(2)12-24-29(36)33-27(22-13-19-8-6-7-9-20(19)14-22)30(37)34(24)28(25(35)16-31(3,4)5)21-10-11-23-26(15-21)38-17-32-23/h6-11,15,17-18,22,24,27-28H,12-14,16H2,1-5H3,(H,33,36)/t24-,27-,28-/m1/s1. The number of benzene rings is 2. The van der Waals surface area contributed by atoms with Crippen LogP contribution in [-0.4, -0.2) is 39.6 Å². The van der Waals surface area contributed by atoms with Crippen LogP contribution >= 0.6 is 11.3 Å². The molecule has 1 aromatic heterocycles. The third kappa shape index (κ3) is 5.26. The number of fused-ring (bicyclic) bond motifs is 2. The molecular weight excluding hydrogens is 494 g/mol. The molecule has 38 heavy (non-hydrogen) atoms. The average molecular weight is 532 g/mol. The Hall–Kier alpha value is -3.06. The Balaban J connectivity index is 1.58. The van der Waals surface area contributed by atoms with E-state index >= 15 is 0 Å². The van der Waals surface area contributed by atoms with Crippen LogP contribution in [0.1, 0.15) is 70.2 Å². The van der Waals surface area contributed by atoms with Gasteiger partial charge in [-0.2, -0.15) is 0 Å². The van der Waals surface area contributed by atoms with Crippen LogP contribution in [0.15, 0.2) is 48.0 Å². The Bertz CT molecular complexity index is 1350. The Morgan fingerprint density at radius 1 is 1.11 bits per heavy atom. The number of Topliss-reactive ketones (excluding diaryl/α,β-unsaturated/α-hetero) is 1. The monoisotopic (exact) mass is 531 g/mol. The molecule has 1 fully saturated rings. The lowest BCUT2D eigenvalue weighted by molar-refractivity contribution is -0.157. The zero-order valence-electron chi connectivity index (χ0n) is 22.9. The molecule has 3 aromatic rings. The van der Waals surface area contributed by atoms with Crippen LogP contribution in [0.3, 0.4) is 0 Å². The van der Waals surface area contributed by atoms with E-state index in [2.05, 4.69) is 22.4 Å². The van der Waals surface area contributed by atoms with Crippen LogP contribution in [0.2, 0.25) is 0 Å². The van der Waals surface area contributed by atoms with E-state index in [1.807, 2.05) is 65.0 Å². The summed E-state index contributed by atoms with van der Waals surface area (Å²) in [5.74, 6) is -0.201. The summed E-state index contributed by atoms with van der Waals surface area (Å²) in [6.07, 6.45) is 2.28. The largest absolute Gasteiger partial charge is 0.342 e. The third-order valence-electron chi connectivity index (χ3n) is 7.66. The van der Waals surface area contributed by atoms with Crippen molar-refractivity contribution < 1.29 is 14.4 Å². The summed E-state index contributed by atoms with van der Waals surface area (Å²) < 4.78 is 0.966. The fraction of sp³-hybridized carbons (Fsp3) is 0.484. The highest BCUT2D eigenvalue weighted by Gasteiger charge is 2.49. The topological polar surface area (TPSA) is 79.4 Å². The van der Waals surface area contributed by atoms with Crippen molar-refractivity contribution in [3.05, 3.63) is 64.7 Å². The van der Waals surface area contributed by atoms with Gasteiger partial charge in [0.25, 0.3) is 0 Å². The van der Waals surface area contributed by atoms with Crippen molar-refractivity contribution in [3.8, 4) is 0 Å². The highest BCUT2D eigenvalue weighted by Crippen LogP contribution is 2.38. The number of thiazole rings is 1. The lowest BCUT2D eigenvalue weighted by Gasteiger charge is -2.45. The van der Waals surface area contributed by atoms with Gasteiger partial charge in [0.2, 0.25) is 11.8 Å². The molecule has 0 saturated carbocycles. The number of nitrogens with one attached hydrogen (secondary N) is 1. The molecule has 3 atom stereocenters. The van der Waals surface area contributed by atoms with Crippen LogP contribution in [0.4, 0.5) is 0 Å². The second-order valence-electron chi connectivity index (χ2n) is 12.5. The van der Waals surface area contributed by atoms with Crippen molar-refractivity contribution in [2.24, 2.45) is 17.3 Å². The van der Waals surface area contributed by atoms with Crippen molar-refractivity contribution in [2.75, 3.05) is 0 Å². The number of ketones is 1. The fourth-order valence-corrected chi connectivity index (χ4v) is 6.76. The minimum absolute atomic E-state index is 0.0336. The summed E-state index contributed by atoms with van der Waals surface area (Å²) in [6.45, 7) is 10.2. The molecule has 5 rings (SSSR count). The molecule has 1 saturated heterocycles. The van der Waals surface area contributed by atoms with Gasteiger partial charge in [-0.25, -0.2) is 4.98 Å². The van der Waals surface area contributed by atoms with E-state index in [0.29, 0.717) is 12.8 Å². The Labute approximate surface area is 228 Å². The molecule has 7 heteroatoms. The van der Waals surface area contributed by atoms with E-state index in [1.165, 1.54) is 22.5 Å². The lowest BCUT2D eigenvalue weighted by Crippen LogP contribution is -2.66. The van der Waals surface area contributed by atoms with Gasteiger partial charge < -0.3 is 10.2 Å². The summed E-state index contributed by atoms with van der Waals surface area (Å²) in [5.41, 5.74) is 5.60. The van der Waals surface area contributed by atoms with Gasteiger partial charge in [0, 0.05) is 6.42 Å². The second-order valence-corrected chi connectivity index (χ2v) is 13.4. The highest BCUT2D eigenvalue weighted by molar-refractivity contribution is 7.16. The van der Waals surface area contributed by atoms with Crippen LogP contribution in [0, 0.1) is 17.3 Å². The number of rotatable bonds is 7. The maximum Gasteiger partial charge on any atom is 0.247 e. The van der Waals surface area contributed by atoms with Crippen LogP contribution < -0.4 is 5.32 Å². The summed E-state index contributed by atoms with van der Waals surface area (Å²) in [4.78, 5) is 48.3. The molecule has 2 aliphatic rings. The van der Waals surface area contributed by atoms with Gasteiger partial charge >= 0.3 is 0 Å². The minimum Gasteiger partial charge on any atom is -0.342 e. The molecule has 1 aliphatic heterocycles. The van der Waals surface area contributed by atoms with Gasteiger partial charge in [-0.3, -0.25) is 14.4 Å². The highest BCUT2D eigenvalue weighted by atomic mass is 32.1. The van der Waals surface area contributed by atoms with Crippen molar-refractivity contribution >= 4 is 39.2 Å². The number of aromatic nitrogens is 1. The molecule has 1 N–H and O–H groups in total. The first kappa shape index (κ1) is 26.5. The summed E-state index contributed by atoms with van der Waals surface area (Å²) in [5, 5.41) is 3.10. The van der Waals surface area contributed by atoms with Gasteiger partial charge in [-0.05, 0) is 65.3 Å². The number of carbonyl (C=O) groups is 3. The molecule has 2 aromatic carbocycles. The molecule has 200 valence electrons. The van der Waals surface area contributed by atoms with Crippen LogP contribution in [-0.2, 0) is 27.2 Å². The van der Waals surface area contributed by atoms with Crippen molar-refractivity contribution in [1.29, 1.82) is 0 Å². The number of hydrogen-bond donors (Lipinski definition) is 1. The Kier molecular flexibility index (Phi) is 7.16. The number of piperazine rings is 1.